The maximum Gasteiger partial charge on any atom is 0.524 e. The summed E-state index contributed by atoms with van der Waals surface area (Å²) in [5.41, 5.74) is 0.725. The number of carbonyl (C=O) groups excluding carboxylic acids is 2. The van der Waals surface area contributed by atoms with Crippen molar-refractivity contribution in [3.05, 3.63) is 51.2 Å². The molecule has 0 unspecified atom stereocenters. The van der Waals surface area contributed by atoms with Crippen molar-refractivity contribution in [2.75, 3.05) is 112 Å². The number of nitrogens with zero attached hydrogens (tertiary/aromatic N) is 2. The second-order valence-electron chi connectivity index (χ2n) is 11.3. The molecule has 1 amide bonds. The molecule has 2 rings (SSSR count). The zero-order valence-electron chi connectivity index (χ0n) is 30.7. The van der Waals surface area contributed by atoms with Crippen molar-refractivity contribution in [1.29, 1.82) is 0 Å². The summed E-state index contributed by atoms with van der Waals surface area (Å²) in [6, 6.07) is 5.38. The maximum atomic E-state index is 13.2. The molecule has 0 spiro atoms. The van der Waals surface area contributed by atoms with E-state index in [2.05, 4.69) is 20.0 Å². The largest absolute Gasteiger partial charge is 0.524 e. The molecule has 22 heteroatoms. The number of alkyl halides is 1. The molecular formula is C33H52FN4O16P. The van der Waals surface area contributed by atoms with Crippen LogP contribution >= 0.6 is 7.82 Å². The lowest BCUT2D eigenvalue weighted by Gasteiger charge is -2.12. The van der Waals surface area contributed by atoms with Gasteiger partial charge in [-0.3, -0.25) is 19.4 Å². The Morgan fingerprint density at radius 2 is 1.25 bits per heavy atom. The third-order valence-electron chi connectivity index (χ3n) is 7.04. The number of H-pyrrole nitrogens is 1. The van der Waals surface area contributed by atoms with E-state index in [1.54, 1.807) is 6.07 Å². The SMILES string of the molecule is O=C(CCOCCOCCOCCOCCOCCOCCOCCOCCCC(=O)c1cc([N+](=O)[O-])[nH]n1)NCCc1ccc(OP(=O)(O)O)c(CF)c1. The highest BCUT2D eigenvalue weighted by Gasteiger charge is 2.19. The summed E-state index contributed by atoms with van der Waals surface area (Å²) >= 11 is 0. The Kier molecular flexibility index (Phi) is 25.8. The second-order valence-corrected chi connectivity index (χ2v) is 12.5. The molecule has 1 aromatic heterocycles. The third kappa shape index (κ3) is 24.6. The summed E-state index contributed by atoms with van der Waals surface area (Å²) in [5, 5.41) is 19.2. The Morgan fingerprint density at radius 3 is 1.71 bits per heavy atom. The van der Waals surface area contributed by atoms with Crippen LogP contribution in [0.5, 0.6) is 5.75 Å². The van der Waals surface area contributed by atoms with Gasteiger partial charge in [-0.25, -0.2) is 8.96 Å². The van der Waals surface area contributed by atoms with Gasteiger partial charge in [0, 0.05) is 31.6 Å². The number of amides is 1. The summed E-state index contributed by atoms with van der Waals surface area (Å²) in [4.78, 5) is 51.7. The van der Waals surface area contributed by atoms with Crippen LogP contribution in [0.4, 0.5) is 10.2 Å². The number of nitro groups is 1. The number of hydrogen-bond acceptors (Lipinski definition) is 15. The minimum atomic E-state index is -4.79. The van der Waals surface area contributed by atoms with Crippen LogP contribution in [-0.4, -0.2) is 149 Å². The Labute approximate surface area is 317 Å². The lowest BCUT2D eigenvalue weighted by Crippen LogP contribution is -2.26. The quantitative estimate of drug-likeness (QED) is 0.0253. The average molecular weight is 811 g/mol. The molecule has 2 aromatic rings. The molecule has 0 atom stereocenters. The molecule has 4 N–H and O–H groups in total. The fourth-order valence-corrected chi connectivity index (χ4v) is 4.80. The van der Waals surface area contributed by atoms with E-state index in [1.165, 1.54) is 12.1 Å². The molecule has 0 aliphatic heterocycles. The number of ketones is 1. The highest BCUT2D eigenvalue weighted by Crippen LogP contribution is 2.39. The van der Waals surface area contributed by atoms with E-state index < -0.39 is 19.4 Å². The molecule has 0 saturated carbocycles. The summed E-state index contributed by atoms with van der Waals surface area (Å²) < 4.78 is 72.1. The van der Waals surface area contributed by atoms with E-state index in [4.69, 9.17) is 47.7 Å². The fourth-order valence-electron chi connectivity index (χ4n) is 4.36. The van der Waals surface area contributed by atoms with E-state index in [-0.39, 0.29) is 54.0 Å². The summed E-state index contributed by atoms with van der Waals surface area (Å²) in [6.07, 6.45) is 1.20. The van der Waals surface area contributed by atoms with Gasteiger partial charge in [0.1, 0.15) is 12.4 Å². The van der Waals surface area contributed by atoms with Crippen LogP contribution in [0.3, 0.4) is 0 Å². The first-order chi connectivity index (χ1) is 26.6. The number of Topliss-reactive ketones (excluding diaryl/α,β-unsaturated/α-hetero) is 1. The average Bonchev–Trinajstić information content (AvgIpc) is 3.66. The molecule has 0 saturated heterocycles. The third-order valence-corrected chi connectivity index (χ3v) is 7.47. The molecular weight excluding hydrogens is 758 g/mol. The minimum absolute atomic E-state index is 0.0116. The van der Waals surface area contributed by atoms with Crippen molar-refractivity contribution < 1.29 is 75.7 Å². The van der Waals surface area contributed by atoms with Crippen LogP contribution < -0.4 is 9.84 Å². The lowest BCUT2D eigenvalue weighted by molar-refractivity contribution is -0.389. The van der Waals surface area contributed by atoms with Gasteiger partial charge in [0.05, 0.1) is 105 Å². The van der Waals surface area contributed by atoms with Crippen molar-refractivity contribution in [1.82, 2.24) is 15.5 Å². The molecule has 1 heterocycles. The van der Waals surface area contributed by atoms with Gasteiger partial charge < -0.3 is 57.8 Å². The van der Waals surface area contributed by atoms with Crippen molar-refractivity contribution >= 4 is 25.3 Å². The number of phosphoric acid groups is 1. The number of rotatable bonds is 36. The van der Waals surface area contributed by atoms with Crippen molar-refractivity contribution in [2.45, 2.75) is 32.4 Å². The molecule has 20 nitrogen and oxygen atoms in total. The molecule has 312 valence electrons. The molecule has 0 radical (unpaired) electrons. The molecule has 1 aromatic carbocycles. The van der Waals surface area contributed by atoms with Gasteiger partial charge in [-0.1, -0.05) is 11.2 Å². The minimum Gasteiger partial charge on any atom is -0.404 e. The number of ether oxygens (including phenoxy) is 8. The number of benzene rings is 1. The zero-order valence-corrected chi connectivity index (χ0v) is 31.6. The summed E-state index contributed by atoms with van der Waals surface area (Å²) in [6.45, 7) is 5.47. The highest BCUT2D eigenvalue weighted by atomic mass is 31.2. The predicted octanol–water partition coefficient (Wildman–Crippen LogP) is 2.10. The number of aromatic nitrogens is 2. The van der Waals surface area contributed by atoms with Gasteiger partial charge in [-0.05, 0) is 35.5 Å². The summed E-state index contributed by atoms with van der Waals surface area (Å²) in [7, 11) is -4.79. The Bertz CT molecular complexity index is 1420. The lowest BCUT2D eigenvalue weighted by atomic mass is 10.1. The molecule has 55 heavy (non-hydrogen) atoms. The monoisotopic (exact) mass is 810 g/mol. The number of aromatic amines is 1. The first-order valence-electron chi connectivity index (χ1n) is 17.6. The first-order valence-corrected chi connectivity index (χ1v) is 19.2. The van der Waals surface area contributed by atoms with Crippen LogP contribution in [0, 0.1) is 10.1 Å². The van der Waals surface area contributed by atoms with E-state index in [1.807, 2.05) is 0 Å². The van der Waals surface area contributed by atoms with E-state index >= 15 is 0 Å². The number of carbonyl (C=O) groups is 2. The molecule has 0 fully saturated rings. The topological polar surface area (TPSA) is 259 Å². The highest BCUT2D eigenvalue weighted by molar-refractivity contribution is 7.46. The molecule has 0 aliphatic carbocycles. The van der Waals surface area contributed by atoms with Crippen molar-refractivity contribution in [2.24, 2.45) is 0 Å². The number of hydrogen-bond donors (Lipinski definition) is 4. The van der Waals surface area contributed by atoms with Gasteiger partial charge in [0.25, 0.3) is 0 Å². The van der Waals surface area contributed by atoms with Gasteiger partial charge in [0.15, 0.2) is 11.5 Å². The Morgan fingerprint density at radius 1 is 0.764 bits per heavy atom. The van der Waals surface area contributed by atoms with Crippen LogP contribution in [0.2, 0.25) is 0 Å². The summed E-state index contributed by atoms with van der Waals surface area (Å²) in [5.74, 6) is -1.05. The standard InChI is InChI=1S/C33H52FN4O16P/c34-26-28-24-27(3-4-31(28)54-55(43,44)45)5-7-35-33(40)6-9-47-11-13-49-15-17-51-19-21-53-23-22-52-20-18-50-16-14-48-12-10-46-8-1-2-30(39)29-25-32(37-36-29)38(41)42/h3-4,24-25H,1-2,5-23,26H2,(H,35,40)(H,36,37)(H2,43,44,45). The van der Waals surface area contributed by atoms with Crippen LogP contribution in [-0.2, 0) is 60.3 Å². The number of halogens is 1. The van der Waals surface area contributed by atoms with Gasteiger partial charge in [-0.15, -0.1) is 5.10 Å². The molecule has 0 aliphatic rings. The van der Waals surface area contributed by atoms with Crippen LogP contribution in [0.1, 0.15) is 40.9 Å². The second kappa shape index (κ2) is 29.8. The van der Waals surface area contributed by atoms with E-state index in [9.17, 15) is 28.7 Å². The zero-order chi connectivity index (χ0) is 40.0. The van der Waals surface area contributed by atoms with Gasteiger partial charge in [-0.2, -0.15) is 0 Å². The van der Waals surface area contributed by atoms with Gasteiger partial charge >= 0.3 is 13.6 Å². The van der Waals surface area contributed by atoms with E-state index in [0.29, 0.717) is 124 Å². The number of nitrogens with one attached hydrogen (secondary N) is 2. The fraction of sp³-hybridized carbons (Fsp3) is 0.667. The predicted molar refractivity (Wildman–Crippen MR) is 191 cm³/mol. The van der Waals surface area contributed by atoms with Crippen molar-refractivity contribution in [3.63, 3.8) is 0 Å². The van der Waals surface area contributed by atoms with Crippen LogP contribution in [0.15, 0.2) is 24.3 Å². The number of phosphoric ester groups is 1. The molecule has 0 bridgehead atoms. The Balaban J connectivity index is 1.24. The Hall–Kier alpha value is -3.47. The van der Waals surface area contributed by atoms with E-state index in [0.717, 1.165) is 6.07 Å². The smallest absolute Gasteiger partial charge is 0.404 e. The first kappa shape index (κ1) is 47.7. The van der Waals surface area contributed by atoms with Crippen molar-refractivity contribution in [3.8, 4) is 5.75 Å². The van der Waals surface area contributed by atoms with Gasteiger partial charge in [0.2, 0.25) is 5.91 Å². The van der Waals surface area contributed by atoms with Crippen LogP contribution in [0.25, 0.3) is 0 Å². The normalized spacial score (nSPS) is 11.5. The maximum absolute atomic E-state index is 13.2.